The summed E-state index contributed by atoms with van der Waals surface area (Å²) < 4.78 is 12.8. The second kappa shape index (κ2) is 13.3. The van der Waals surface area contributed by atoms with Crippen molar-refractivity contribution < 1.29 is 19.1 Å². The number of halogens is 1. The van der Waals surface area contributed by atoms with Gasteiger partial charge in [-0.3, -0.25) is 14.5 Å². The quantitative estimate of drug-likeness (QED) is 0.468. The number of benzene rings is 1. The van der Waals surface area contributed by atoms with E-state index in [-0.39, 0.29) is 11.7 Å². The zero-order valence-electron chi connectivity index (χ0n) is 17.4. The first-order valence-corrected chi connectivity index (χ1v) is 10.2. The molecule has 1 aromatic carbocycles. The summed E-state index contributed by atoms with van der Waals surface area (Å²) in [5, 5.41) is 12.0. The van der Waals surface area contributed by atoms with Crippen LogP contribution in [0.4, 0.5) is 4.39 Å². The van der Waals surface area contributed by atoms with Crippen LogP contribution in [0.5, 0.6) is 0 Å². The van der Waals surface area contributed by atoms with Crippen molar-refractivity contribution in [2.75, 3.05) is 14.1 Å². The van der Waals surface area contributed by atoms with Crippen LogP contribution in [0, 0.1) is 5.82 Å². The van der Waals surface area contributed by atoms with Gasteiger partial charge in [0, 0.05) is 6.42 Å². The van der Waals surface area contributed by atoms with Gasteiger partial charge in [0.1, 0.15) is 11.9 Å². The van der Waals surface area contributed by atoms with E-state index in [0.29, 0.717) is 6.42 Å². The van der Waals surface area contributed by atoms with Gasteiger partial charge in [-0.2, -0.15) is 0 Å². The van der Waals surface area contributed by atoms with Crippen LogP contribution in [0.25, 0.3) is 0 Å². The predicted molar refractivity (Wildman–Crippen MR) is 110 cm³/mol. The maximum Gasteiger partial charge on any atom is 0.323 e. The van der Waals surface area contributed by atoms with E-state index in [4.69, 9.17) is 0 Å². The Bertz CT molecular complexity index is 590. The summed E-state index contributed by atoms with van der Waals surface area (Å²) in [6.07, 6.45) is 8.98. The molecule has 5 nitrogen and oxygen atoms in total. The number of unbranched alkanes of at least 4 members (excludes halogenated alkanes) is 6. The van der Waals surface area contributed by atoms with Crippen molar-refractivity contribution in [2.24, 2.45) is 0 Å². The van der Waals surface area contributed by atoms with Gasteiger partial charge in [-0.1, -0.05) is 44.2 Å². The second-order valence-electron chi connectivity index (χ2n) is 7.70. The highest BCUT2D eigenvalue weighted by molar-refractivity contribution is 5.79. The van der Waals surface area contributed by atoms with E-state index in [1.807, 2.05) is 12.1 Å². The lowest BCUT2D eigenvalue weighted by atomic mass is 10.0. The van der Waals surface area contributed by atoms with Crippen LogP contribution in [0.2, 0.25) is 0 Å². The molecule has 0 heterocycles. The number of hydrogen-bond donors (Lipinski definition) is 2. The van der Waals surface area contributed by atoms with Gasteiger partial charge in [-0.05, 0) is 58.0 Å². The van der Waals surface area contributed by atoms with Crippen molar-refractivity contribution in [1.82, 2.24) is 10.2 Å². The number of carbonyl (C=O) groups excluding carboxylic acids is 1. The molecule has 1 rings (SSSR count). The minimum absolute atomic E-state index is 0.0834. The summed E-state index contributed by atoms with van der Waals surface area (Å²) >= 11 is 0. The van der Waals surface area contributed by atoms with Crippen molar-refractivity contribution in [2.45, 2.75) is 76.8 Å². The van der Waals surface area contributed by atoms with E-state index in [1.54, 1.807) is 25.9 Å². The van der Waals surface area contributed by atoms with Gasteiger partial charge in [0.2, 0.25) is 5.91 Å². The van der Waals surface area contributed by atoms with Gasteiger partial charge >= 0.3 is 5.97 Å². The standard InChI is InChI=1S/C22H35FN2O3/c1-17(21(22(27)28)25(2)3)24-20(26)12-10-8-6-4-5-7-9-11-18-13-15-19(23)16-14-18/h13-17,21H,4-12H2,1-3H3,(H,24,26)(H,27,28). The Morgan fingerprint density at radius 1 is 1.00 bits per heavy atom. The number of amides is 1. The highest BCUT2D eigenvalue weighted by Gasteiger charge is 2.27. The SMILES string of the molecule is CC(NC(=O)CCCCCCCCCc1ccc(F)cc1)C(C(=O)O)N(C)C. The van der Waals surface area contributed by atoms with Gasteiger partial charge in [-0.15, -0.1) is 0 Å². The topological polar surface area (TPSA) is 69.6 Å². The normalized spacial score (nSPS) is 13.3. The van der Waals surface area contributed by atoms with Crippen molar-refractivity contribution in [3.05, 3.63) is 35.6 Å². The summed E-state index contributed by atoms with van der Waals surface area (Å²) in [7, 11) is 3.39. The van der Waals surface area contributed by atoms with Crippen molar-refractivity contribution in [1.29, 1.82) is 0 Å². The summed E-state index contributed by atoms with van der Waals surface area (Å²) in [5.41, 5.74) is 1.18. The molecule has 2 atom stereocenters. The van der Waals surface area contributed by atoms with Gasteiger partial charge in [0.25, 0.3) is 0 Å². The van der Waals surface area contributed by atoms with Crippen LogP contribution in [0.1, 0.15) is 63.9 Å². The van der Waals surface area contributed by atoms with Crippen LogP contribution in [0.15, 0.2) is 24.3 Å². The fraction of sp³-hybridized carbons (Fsp3) is 0.636. The zero-order valence-corrected chi connectivity index (χ0v) is 17.4. The molecule has 1 amide bonds. The highest BCUT2D eigenvalue weighted by Crippen LogP contribution is 2.12. The average molecular weight is 395 g/mol. The van der Waals surface area contributed by atoms with E-state index in [2.05, 4.69) is 5.32 Å². The van der Waals surface area contributed by atoms with Gasteiger partial charge < -0.3 is 10.4 Å². The summed E-state index contributed by atoms with van der Waals surface area (Å²) in [4.78, 5) is 24.8. The maximum atomic E-state index is 12.8. The molecule has 2 unspecified atom stereocenters. The number of likely N-dealkylation sites (N-methyl/N-ethyl adjacent to an activating group) is 1. The fourth-order valence-corrected chi connectivity index (χ4v) is 3.44. The summed E-state index contributed by atoms with van der Waals surface area (Å²) in [6.45, 7) is 1.72. The molecule has 2 N–H and O–H groups in total. The molecule has 0 aliphatic heterocycles. The number of nitrogens with zero attached hydrogens (tertiary/aromatic N) is 1. The third-order valence-corrected chi connectivity index (χ3v) is 4.95. The van der Waals surface area contributed by atoms with E-state index in [9.17, 15) is 19.1 Å². The van der Waals surface area contributed by atoms with Crippen molar-refractivity contribution in [3.8, 4) is 0 Å². The smallest absolute Gasteiger partial charge is 0.323 e. The lowest BCUT2D eigenvalue weighted by Crippen LogP contribution is -2.51. The number of carboxylic acids is 1. The minimum atomic E-state index is -0.933. The van der Waals surface area contributed by atoms with Gasteiger partial charge in [0.05, 0.1) is 6.04 Å². The molecule has 0 bridgehead atoms. The fourth-order valence-electron chi connectivity index (χ4n) is 3.44. The van der Waals surface area contributed by atoms with Crippen LogP contribution < -0.4 is 5.32 Å². The Morgan fingerprint density at radius 2 is 1.54 bits per heavy atom. The number of carbonyl (C=O) groups is 2. The second-order valence-corrected chi connectivity index (χ2v) is 7.70. The number of carboxylic acid groups (broad SMARTS) is 1. The molecular formula is C22H35FN2O3. The number of rotatable bonds is 14. The molecule has 28 heavy (non-hydrogen) atoms. The Kier molecular flexibility index (Phi) is 11.4. The molecule has 0 radical (unpaired) electrons. The Balaban J connectivity index is 2.03. The molecule has 0 fully saturated rings. The molecule has 0 aliphatic carbocycles. The lowest BCUT2D eigenvalue weighted by Gasteiger charge is -2.26. The summed E-state index contributed by atoms with van der Waals surface area (Å²) in [6, 6.07) is 5.56. The van der Waals surface area contributed by atoms with Crippen LogP contribution >= 0.6 is 0 Å². The number of nitrogens with one attached hydrogen (secondary N) is 1. The van der Waals surface area contributed by atoms with E-state index >= 15 is 0 Å². The van der Waals surface area contributed by atoms with E-state index in [0.717, 1.165) is 44.9 Å². The molecule has 6 heteroatoms. The molecular weight excluding hydrogens is 359 g/mol. The summed E-state index contributed by atoms with van der Waals surface area (Å²) in [5.74, 6) is -1.21. The molecule has 158 valence electrons. The molecule has 0 aromatic heterocycles. The zero-order chi connectivity index (χ0) is 20.9. The first-order valence-electron chi connectivity index (χ1n) is 10.2. The number of aliphatic carboxylic acids is 1. The molecule has 0 aliphatic rings. The predicted octanol–water partition coefficient (Wildman–Crippen LogP) is 4.01. The highest BCUT2D eigenvalue weighted by atomic mass is 19.1. The van der Waals surface area contributed by atoms with Crippen molar-refractivity contribution in [3.63, 3.8) is 0 Å². The van der Waals surface area contributed by atoms with E-state index < -0.39 is 18.1 Å². The van der Waals surface area contributed by atoms with Crippen LogP contribution in [0.3, 0.4) is 0 Å². The lowest BCUT2D eigenvalue weighted by molar-refractivity contribution is -0.143. The third kappa shape index (κ3) is 9.83. The Morgan fingerprint density at radius 3 is 2.07 bits per heavy atom. The third-order valence-electron chi connectivity index (χ3n) is 4.95. The Labute approximate surface area is 168 Å². The molecule has 0 saturated carbocycles. The Hall–Kier alpha value is -1.95. The average Bonchev–Trinajstić information content (AvgIpc) is 2.61. The minimum Gasteiger partial charge on any atom is -0.480 e. The van der Waals surface area contributed by atoms with Crippen LogP contribution in [-0.2, 0) is 16.0 Å². The first-order chi connectivity index (χ1) is 13.3. The van der Waals surface area contributed by atoms with Gasteiger partial charge in [0.15, 0.2) is 0 Å². The van der Waals surface area contributed by atoms with Crippen molar-refractivity contribution >= 4 is 11.9 Å². The monoisotopic (exact) mass is 394 g/mol. The molecule has 0 saturated heterocycles. The largest absolute Gasteiger partial charge is 0.480 e. The molecule has 1 aromatic rings. The maximum absolute atomic E-state index is 12.8. The van der Waals surface area contributed by atoms with Gasteiger partial charge in [-0.25, -0.2) is 4.39 Å². The van der Waals surface area contributed by atoms with Crippen LogP contribution in [-0.4, -0.2) is 48.1 Å². The number of aryl methyl sites for hydroxylation is 1. The molecule has 0 spiro atoms. The number of hydrogen-bond acceptors (Lipinski definition) is 3. The first kappa shape index (κ1) is 24.1. The van der Waals surface area contributed by atoms with E-state index in [1.165, 1.54) is 24.1 Å².